The second kappa shape index (κ2) is 14.9. The quantitative estimate of drug-likeness (QED) is 0.0650. The highest BCUT2D eigenvalue weighted by molar-refractivity contribution is 14.1. The predicted molar refractivity (Wildman–Crippen MR) is 245 cm³/mol. The number of nitrogens with zero attached hydrogens (tertiary/aromatic N) is 2. The Morgan fingerprint density at radius 1 is 0.623 bits per heavy atom. The molecule has 0 fully saturated rings. The molecule has 53 heavy (non-hydrogen) atoms. The van der Waals surface area contributed by atoms with Crippen LogP contribution >= 0.6 is 44.4 Å². The Kier molecular flexibility index (Phi) is 9.73. The van der Waals surface area contributed by atoms with Gasteiger partial charge >= 0.3 is 0 Å². The van der Waals surface area contributed by atoms with Crippen molar-refractivity contribution in [3.63, 3.8) is 0 Å². The molecule has 0 amide bonds. The van der Waals surface area contributed by atoms with Crippen LogP contribution < -0.4 is 20.2 Å². The van der Waals surface area contributed by atoms with Crippen LogP contribution in [-0.4, -0.2) is 6.29 Å². The standard InChI is InChI=1S/C48H39I2N2Si/c1-33-22-25-43-42(47(33)41-26-23-39(30-34(41)32-49)51(35-14-6-2-7-15-35)36-16-8-3-9-17-36)28-29-45-48(43)44-27-24-40(31-46(44)53(45)50)52(37-18-10-4-11-19-37)38-20-12-5-13-21-38/h2,4-8,10-31,33,47H,3,9,32H2,1H3. The van der Waals surface area contributed by atoms with E-state index in [0.717, 1.165) is 17.3 Å². The molecule has 2 unspecified atom stereocenters. The van der Waals surface area contributed by atoms with E-state index >= 15 is 0 Å². The van der Waals surface area contributed by atoms with Crippen LogP contribution in [0, 0.1) is 5.92 Å². The molecule has 2 atom stereocenters. The highest BCUT2D eigenvalue weighted by atomic mass is 127. The van der Waals surface area contributed by atoms with Gasteiger partial charge in [0.25, 0.3) is 0 Å². The molecule has 6 aromatic rings. The Morgan fingerprint density at radius 2 is 1.25 bits per heavy atom. The van der Waals surface area contributed by atoms with Gasteiger partial charge in [-0.25, -0.2) is 0 Å². The minimum Gasteiger partial charge on any atom is -0.311 e. The fourth-order valence-electron chi connectivity index (χ4n) is 8.41. The number of para-hydroxylation sites is 3. The van der Waals surface area contributed by atoms with Gasteiger partial charge in [-0.2, -0.15) is 0 Å². The number of hydrogen-bond acceptors (Lipinski definition) is 2. The van der Waals surface area contributed by atoms with Crippen LogP contribution in [0.5, 0.6) is 0 Å². The second-order valence-electron chi connectivity index (χ2n) is 14.0. The van der Waals surface area contributed by atoms with Crippen LogP contribution in [0.2, 0.25) is 0 Å². The molecule has 0 saturated heterocycles. The minimum atomic E-state index is -0.988. The van der Waals surface area contributed by atoms with E-state index < -0.39 is 6.29 Å². The van der Waals surface area contributed by atoms with Crippen LogP contribution in [0.15, 0.2) is 170 Å². The summed E-state index contributed by atoms with van der Waals surface area (Å²) < 4.78 is 0.956. The van der Waals surface area contributed by atoms with E-state index in [0.29, 0.717) is 5.92 Å². The summed E-state index contributed by atoms with van der Waals surface area (Å²) in [5.74, 6) is 0.679. The molecule has 5 heteroatoms. The Bertz CT molecular complexity index is 2350. The molecule has 2 nitrogen and oxygen atoms in total. The van der Waals surface area contributed by atoms with Gasteiger partial charge < -0.3 is 9.80 Å². The van der Waals surface area contributed by atoms with E-state index in [2.05, 4.69) is 231 Å². The third-order valence-electron chi connectivity index (χ3n) is 10.9. The van der Waals surface area contributed by atoms with Crippen LogP contribution in [0.4, 0.5) is 28.4 Å². The number of anilines is 5. The molecule has 1 heterocycles. The van der Waals surface area contributed by atoms with Crippen molar-refractivity contribution in [2.24, 2.45) is 5.92 Å². The molecule has 0 saturated carbocycles. The van der Waals surface area contributed by atoms with E-state index in [1.807, 2.05) is 0 Å². The van der Waals surface area contributed by atoms with Crippen molar-refractivity contribution >= 4 is 95.6 Å². The molecule has 0 bridgehead atoms. The van der Waals surface area contributed by atoms with Crippen molar-refractivity contribution in [1.82, 2.24) is 0 Å². The topological polar surface area (TPSA) is 6.48 Å². The van der Waals surface area contributed by atoms with Crippen LogP contribution in [0.1, 0.15) is 47.9 Å². The van der Waals surface area contributed by atoms with Crippen LogP contribution in [0.25, 0.3) is 17.2 Å². The number of allylic oxidation sites excluding steroid dienone is 4. The number of benzene rings is 6. The van der Waals surface area contributed by atoms with E-state index in [1.54, 1.807) is 0 Å². The molecule has 6 aromatic carbocycles. The van der Waals surface area contributed by atoms with Crippen molar-refractivity contribution in [3.8, 4) is 11.1 Å². The van der Waals surface area contributed by atoms with Crippen molar-refractivity contribution in [3.05, 3.63) is 192 Å². The smallest absolute Gasteiger partial charge is 0.199 e. The Balaban J connectivity index is 1.12. The zero-order valence-corrected chi connectivity index (χ0v) is 34.9. The third-order valence-corrected chi connectivity index (χ3v) is 16.9. The van der Waals surface area contributed by atoms with E-state index in [4.69, 9.17) is 0 Å². The molecule has 0 aromatic heterocycles. The summed E-state index contributed by atoms with van der Waals surface area (Å²) >= 11 is 5.34. The first-order chi connectivity index (χ1) is 26.1. The molecule has 1 radical (unpaired) electrons. The number of alkyl halides is 1. The predicted octanol–water partition coefficient (Wildman–Crippen LogP) is 12.8. The molecular weight excluding hydrogens is 886 g/mol. The SMILES string of the molecule is CC1C=Cc2c(ccc3c2-c2ccc(N(c4ccccc4)c4ccccc4)cc2[Si]3I)C1c1ccc(N(C2=CCCC=C2)c2ccccc2)cc1CI. The van der Waals surface area contributed by atoms with Gasteiger partial charge in [-0.15, -0.1) is 21.8 Å². The Hall–Kier alpha value is -4.18. The fourth-order valence-corrected chi connectivity index (χ4v) is 13.5. The lowest BCUT2D eigenvalue weighted by molar-refractivity contribution is 0.616. The average molecular weight is 926 g/mol. The summed E-state index contributed by atoms with van der Waals surface area (Å²) in [7, 11) is 0. The van der Waals surface area contributed by atoms with Gasteiger partial charge in [0, 0.05) is 44.5 Å². The van der Waals surface area contributed by atoms with Crippen molar-refractivity contribution in [1.29, 1.82) is 0 Å². The van der Waals surface area contributed by atoms with E-state index in [9.17, 15) is 0 Å². The first-order valence-electron chi connectivity index (χ1n) is 18.4. The summed E-state index contributed by atoms with van der Waals surface area (Å²) in [4.78, 5) is 4.81. The maximum absolute atomic E-state index is 2.77. The highest BCUT2D eigenvalue weighted by Gasteiger charge is 2.36. The second-order valence-corrected chi connectivity index (χ2v) is 19.7. The molecule has 9 rings (SSSR count). The molecule has 1 aliphatic heterocycles. The van der Waals surface area contributed by atoms with Crippen LogP contribution in [-0.2, 0) is 4.43 Å². The van der Waals surface area contributed by atoms with E-state index in [-0.39, 0.29) is 5.92 Å². The molecule has 0 N–H and O–H groups in total. The van der Waals surface area contributed by atoms with Crippen LogP contribution in [0.3, 0.4) is 0 Å². The highest BCUT2D eigenvalue weighted by Crippen LogP contribution is 2.46. The summed E-state index contributed by atoms with van der Waals surface area (Å²) in [5.41, 5.74) is 15.8. The normalized spacial score (nSPS) is 17.2. The monoisotopic (exact) mass is 925 g/mol. The van der Waals surface area contributed by atoms with Gasteiger partial charge in [-0.1, -0.05) is 133 Å². The number of rotatable bonds is 8. The maximum Gasteiger partial charge on any atom is 0.199 e. The Morgan fingerprint density at radius 3 is 1.89 bits per heavy atom. The number of hydrogen-bond donors (Lipinski definition) is 0. The summed E-state index contributed by atoms with van der Waals surface area (Å²) in [6.45, 7) is 2.39. The number of fused-ring (bicyclic) bond motifs is 5. The minimum absolute atomic E-state index is 0.290. The van der Waals surface area contributed by atoms with Gasteiger partial charge in [-0.3, -0.25) is 0 Å². The first-order valence-corrected chi connectivity index (χ1v) is 24.6. The zero-order valence-electron chi connectivity index (χ0n) is 29.6. The first kappa shape index (κ1) is 34.6. The Labute approximate surface area is 341 Å². The summed E-state index contributed by atoms with van der Waals surface area (Å²) in [6.07, 6.45) is 13.0. The van der Waals surface area contributed by atoms with E-state index in [1.165, 1.54) is 77.9 Å². The van der Waals surface area contributed by atoms with Gasteiger partial charge in [0.05, 0.1) is 0 Å². The molecular formula is C48H39I2N2Si. The lowest BCUT2D eigenvalue weighted by atomic mass is 9.73. The van der Waals surface area contributed by atoms with Crippen molar-refractivity contribution in [2.75, 3.05) is 9.80 Å². The molecule has 3 aliphatic rings. The summed E-state index contributed by atoms with van der Waals surface area (Å²) in [6, 6.07) is 51.7. The van der Waals surface area contributed by atoms with Gasteiger partial charge in [-0.05, 0) is 129 Å². The molecule has 0 spiro atoms. The average Bonchev–Trinajstić information content (AvgIpc) is 3.50. The van der Waals surface area contributed by atoms with Crippen molar-refractivity contribution in [2.45, 2.75) is 30.1 Å². The maximum atomic E-state index is 2.77. The fraction of sp³-hybridized carbons (Fsp3) is 0.125. The van der Waals surface area contributed by atoms with Gasteiger partial charge in [0.1, 0.15) is 0 Å². The molecule has 259 valence electrons. The number of halogens is 2. The summed E-state index contributed by atoms with van der Waals surface area (Å²) in [5, 5.41) is 3.00. The molecule has 2 aliphatic carbocycles. The zero-order chi connectivity index (χ0) is 35.9. The van der Waals surface area contributed by atoms with Crippen molar-refractivity contribution < 1.29 is 0 Å². The lowest BCUT2D eigenvalue weighted by Crippen LogP contribution is -2.32. The lowest BCUT2D eigenvalue weighted by Gasteiger charge is -2.33. The van der Waals surface area contributed by atoms with Gasteiger partial charge in [0.15, 0.2) is 6.29 Å². The van der Waals surface area contributed by atoms with Gasteiger partial charge in [0.2, 0.25) is 0 Å². The third kappa shape index (κ3) is 6.34. The largest absolute Gasteiger partial charge is 0.311 e.